The summed E-state index contributed by atoms with van der Waals surface area (Å²) in [7, 11) is 0. The minimum Gasteiger partial charge on any atom is -0.493 e. The predicted octanol–water partition coefficient (Wildman–Crippen LogP) is 2.07. The molecule has 1 unspecified atom stereocenters. The highest BCUT2D eigenvalue weighted by molar-refractivity contribution is 5.78. The first-order valence-electron chi connectivity index (χ1n) is 8.18. The van der Waals surface area contributed by atoms with Crippen molar-refractivity contribution in [2.45, 2.75) is 39.2 Å². The molecule has 5 nitrogen and oxygen atoms in total. The number of ether oxygens (including phenoxy) is 1. The molecule has 0 bridgehead atoms. The zero-order chi connectivity index (χ0) is 15.8. The molecular weight excluding hydrogens is 278 g/mol. The summed E-state index contributed by atoms with van der Waals surface area (Å²) in [4.78, 5) is 14.0. The second kappa shape index (κ2) is 8.76. The zero-order valence-electron chi connectivity index (χ0n) is 13.4. The Morgan fingerprint density at radius 2 is 2.27 bits per heavy atom. The second-order valence-corrected chi connectivity index (χ2v) is 5.89. The molecule has 22 heavy (non-hydrogen) atoms. The van der Waals surface area contributed by atoms with Gasteiger partial charge in [0, 0.05) is 18.7 Å². The van der Waals surface area contributed by atoms with E-state index in [1.807, 2.05) is 18.2 Å². The number of nitrogens with zero attached hydrogens (tertiary/aromatic N) is 1. The number of carbonyl (C=O) groups is 1. The SMILES string of the molecule is CCCCOc1ccccc1CN1CCCC(C(=O)NN)C1. The van der Waals surface area contributed by atoms with Crippen molar-refractivity contribution >= 4 is 5.91 Å². The number of nitrogens with one attached hydrogen (secondary N) is 1. The third-order valence-corrected chi connectivity index (χ3v) is 4.14. The van der Waals surface area contributed by atoms with Gasteiger partial charge in [0.2, 0.25) is 5.91 Å². The Balaban J connectivity index is 1.96. The number of hydrazine groups is 1. The molecule has 1 aromatic carbocycles. The molecule has 3 N–H and O–H groups in total. The third-order valence-electron chi connectivity index (χ3n) is 4.14. The molecule has 1 aliphatic heterocycles. The lowest BCUT2D eigenvalue weighted by Gasteiger charge is -2.32. The summed E-state index contributed by atoms with van der Waals surface area (Å²) in [6.07, 6.45) is 4.13. The molecule has 5 heteroatoms. The normalized spacial score (nSPS) is 18.9. The number of benzene rings is 1. The number of para-hydroxylation sites is 1. The van der Waals surface area contributed by atoms with Crippen molar-refractivity contribution in [2.75, 3.05) is 19.7 Å². The van der Waals surface area contributed by atoms with E-state index in [0.717, 1.165) is 57.7 Å². The van der Waals surface area contributed by atoms with E-state index in [4.69, 9.17) is 10.6 Å². The van der Waals surface area contributed by atoms with Gasteiger partial charge in [0.05, 0.1) is 12.5 Å². The lowest BCUT2D eigenvalue weighted by Crippen LogP contribution is -2.44. The topological polar surface area (TPSA) is 67.6 Å². The van der Waals surface area contributed by atoms with E-state index in [1.54, 1.807) is 0 Å². The van der Waals surface area contributed by atoms with E-state index >= 15 is 0 Å². The van der Waals surface area contributed by atoms with Gasteiger partial charge in [-0.1, -0.05) is 31.5 Å². The summed E-state index contributed by atoms with van der Waals surface area (Å²) in [5.74, 6) is 6.15. The van der Waals surface area contributed by atoms with E-state index in [0.29, 0.717) is 0 Å². The molecule has 0 saturated carbocycles. The summed E-state index contributed by atoms with van der Waals surface area (Å²) >= 11 is 0. The molecule has 122 valence electrons. The van der Waals surface area contributed by atoms with E-state index in [2.05, 4.69) is 23.3 Å². The average molecular weight is 305 g/mol. The van der Waals surface area contributed by atoms with Crippen LogP contribution in [-0.4, -0.2) is 30.5 Å². The van der Waals surface area contributed by atoms with Crippen LogP contribution in [0.5, 0.6) is 5.75 Å². The number of amides is 1. The minimum atomic E-state index is -0.0582. The number of carbonyl (C=O) groups excluding carboxylic acids is 1. The van der Waals surface area contributed by atoms with Gasteiger partial charge in [0.25, 0.3) is 0 Å². The van der Waals surface area contributed by atoms with Crippen molar-refractivity contribution in [3.05, 3.63) is 29.8 Å². The Morgan fingerprint density at radius 1 is 1.45 bits per heavy atom. The lowest BCUT2D eigenvalue weighted by atomic mass is 9.97. The third kappa shape index (κ3) is 4.71. The molecule has 0 radical (unpaired) electrons. The van der Waals surface area contributed by atoms with Gasteiger partial charge >= 0.3 is 0 Å². The molecule has 2 rings (SSSR count). The van der Waals surface area contributed by atoms with Crippen molar-refractivity contribution in [2.24, 2.45) is 11.8 Å². The maximum absolute atomic E-state index is 11.7. The van der Waals surface area contributed by atoms with Gasteiger partial charge in [-0.25, -0.2) is 5.84 Å². The van der Waals surface area contributed by atoms with Crippen LogP contribution in [0.25, 0.3) is 0 Å². The zero-order valence-corrected chi connectivity index (χ0v) is 13.4. The van der Waals surface area contributed by atoms with Gasteiger partial charge in [-0.3, -0.25) is 15.1 Å². The van der Waals surface area contributed by atoms with Gasteiger partial charge in [-0.2, -0.15) is 0 Å². The summed E-state index contributed by atoms with van der Waals surface area (Å²) in [5, 5.41) is 0. The van der Waals surface area contributed by atoms with Crippen molar-refractivity contribution in [1.82, 2.24) is 10.3 Å². The van der Waals surface area contributed by atoms with Gasteiger partial charge in [0.15, 0.2) is 0 Å². The van der Waals surface area contributed by atoms with E-state index in [1.165, 1.54) is 5.56 Å². The van der Waals surface area contributed by atoms with Gasteiger partial charge in [0.1, 0.15) is 5.75 Å². The molecule has 1 atom stereocenters. The molecule has 0 spiro atoms. The van der Waals surface area contributed by atoms with Crippen LogP contribution in [0.2, 0.25) is 0 Å². The van der Waals surface area contributed by atoms with Gasteiger partial charge in [-0.05, 0) is 31.9 Å². The number of rotatable bonds is 7. The summed E-state index contributed by atoms with van der Waals surface area (Å²) in [6.45, 7) is 5.50. The fourth-order valence-electron chi connectivity index (χ4n) is 2.87. The fourth-order valence-corrected chi connectivity index (χ4v) is 2.87. The highest BCUT2D eigenvalue weighted by atomic mass is 16.5. The second-order valence-electron chi connectivity index (χ2n) is 5.89. The van der Waals surface area contributed by atoms with E-state index in [9.17, 15) is 4.79 Å². The fraction of sp³-hybridized carbons (Fsp3) is 0.588. The molecule has 0 aliphatic carbocycles. The summed E-state index contributed by atoms with van der Waals surface area (Å²) < 4.78 is 5.89. The number of nitrogens with two attached hydrogens (primary N) is 1. The quantitative estimate of drug-likeness (QED) is 0.350. The standard InChI is InChI=1S/C17H27N3O2/c1-2-3-11-22-16-9-5-4-7-14(16)12-20-10-6-8-15(13-20)17(21)19-18/h4-5,7,9,15H,2-3,6,8,10-13,18H2,1H3,(H,19,21). The Bertz CT molecular complexity index is 479. The van der Waals surface area contributed by atoms with Crippen LogP contribution in [0.4, 0.5) is 0 Å². The number of hydrogen-bond donors (Lipinski definition) is 2. The number of hydrogen-bond acceptors (Lipinski definition) is 4. The Hall–Kier alpha value is -1.59. The molecule has 1 fully saturated rings. The maximum Gasteiger partial charge on any atom is 0.238 e. The molecule has 1 aromatic rings. The van der Waals surface area contributed by atoms with Crippen molar-refractivity contribution in [1.29, 1.82) is 0 Å². The van der Waals surface area contributed by atoms with Crippen LogP contribution in [0.3, 0.4) is 0 Å². The van der Waals surface area contributed by atoms with Gasteiger partial charge in [-0.15, -0.1) is 0 Å². The van der Waals surface area contributed by atoms with Crippen molar-refractivity contribution in [3.8, 4) is 5.75 Å². The molecule has 1 amide bonds. The van der Waals surface area contributed by atoms with Crippen molar-refractivity contribution in [3.63, 3.8) is 0 Å². The minimum absolute atomic E-state index is 0.00748. The first-order chi connectivity index (χ1) is 10.7. The number of unbranched alkanes of at least 4 members (excludes halogenated alkanes) is 1. The summed E-state index contributed by atoms with van der Waals surface area (Å²) in [5.41, 5.74) is 3.46. The van der Waals surface area contributed by atoms with E-state index in [-0.39, 0.29) is 11.8 Å². The van der Waals surface area contributed by atoms with E-state index < -0.39 is 0 Å². The first kappa shape index (κ1) is 16.8. The highest BCUT2D eigenvalue weighted by Gasteiger charge is 2.25. The van der Waals surface area contributed by atoms with Crippen LogP contribution in [0.15, 0.2) is 24.3 Å². The van der Waals surface area contributed by atoms with Crippen LogP contribution < -0.4 is 16.0 Å². The monoisotopic (exact) mass is 305 g/mol. The Labute approximate surface area is 132 Å². The Kier molecular flexibility index (Phi) is 6.68. The predicted molar refractivity (Wildman–Crippen MR) is 87.2 cm³/mol. The average Bonchev–Trinajstić information content (AvgIpc) is 2.56. The largest absolute Gasteiger partial charge is 0.493 e. The first-order valence-corrected chi connectivity index (χ1v) is 8.18. The molecule has 1 heterocycles. The maximum atomic E-state index is 11.7. The smallest absolute Gasteiger partial charge is 0.238 e. The number of likely N-dealkylation sites (tertiary alicyclic amines) is 1. The van der Waals surface area contributed by atoms with Crippen molar-refractivity contribution < 1.29 is 9.53 Å². The molecule has 0 aromatic heterocycles. The molecule has 1 saturated heterocycles. The summed E-state index contributed by atoms with van der Waals surface area (Å²) in [6, 6.07) is 8.18. The van der Waals surface area contributed by atoms with Crippen LogP contribution in [0, 0.1) is 5.92 Å². The highest BCUT2D eigenvalue weighted by Crippen LogP contribution is 2.24. The molecular formula is C17H27N3O2. The van der Waals surface area contributed by atoms with Gasteiger partial charge < -0.3 is 4.74 Å². The number of piperidine rings is 1. The van der Waals surface area contributed by atoms with Crippen LogP contribution in [0.1, 0.15) is 38.2 Å². The Morgan fingerprint density at radius 3 is 3.05 bits per heavy atom. The van der Waals surface area contributed by atoms with Crippen LogP contribution >= 0.6 is 0 Å². The molecule has 1 aliphatic rings. The van der Waals surface area contributed by atoms with Crippen LogP contribution in [-0.2, 0) is 11.3 Å². The lowest BCUT2D eigenvalue weighted by molar-refractivity contribution is -0.126.